The minimum absolute atomic E-state index is 0.176. The number of aliphatic hydroxyl groups excluding tert-OH is 2. The van der Waals surface area contributed by atoms with Crippen molar-refractivity contribution in [2.24, 2.45) is 0 Å². The molecule has 0 unspecified atom stereocenters. The van der Waals surface area contributed by atoms with Crippen LogP contribution < -0.4 is 0 Å². The maximum atomic E-state index is 9.60. The smallest absolute Gasteiger partial charge is 0.330 e. The SMILES string of the molecule is C=C(C)C(=O)O.C=C(C)C(=O)O.C[C@H](O)[C@H](C)O. The van der Waals surface area contributed by atoms with Crippen LogP contribution in [-0.4, -0.2) is 44.6 Å². The zero-order valence-corrected chi connectivity index (χ0v) is 11.2. The van der Waals surface area contributed by atoms with Crippen LogP contribution in [0.25, 0.3) is 0 Å². The second-order valence-electron chi connectivity index (χ2n) is 3.65. The average Bonchev–Trinajstić information content (AvgIpc) is 2.18. The highest BCUT2D eigenvalue weighted by atomic mass is 16.4. The van der Waals surface area contributed by atoms with Crippen LogP contribution in [0, 0.1) is 0 Å². The summed E-state index contributed by atoms with van der Waals surface area (Å²) in [6.45, 7) is 12.3. The fourth-order valence-electron chi connectivity index (χ4n) is 0. The summed E-state index contributed by atoms with van der Waals surface area (Å²) in [5, 5.41) is 32.5. The van der Waals surface area contributed by atoms with E-state index in [-0.39, 0.29) is 11.1 Å². The number of carbonyl (C=O) groups is 2. The molecule has 0 aliphatic carbocycles. The molecular weight excluding hydrogens is 240 g/mol. The molecule has 0 aromatic carbocycles. The van der Waals surface area contributed by atoms with Gasteiger partial charge in [0.15, 0.2) is 0 Å². The third kappa shape index (κ3) is 23.9. The van der Waals surface area contributed by atoms with Gasteiger partial charge in [-0.05, 0) is 27.7 Å². The Kier molecular flexibility index (Phi) is 14.2. The summed E-state index contributed by atoms with van der Waals surface area (Å²) in [6.07, 6.45) is -1.19. The Morgan fingerprint density at radius 1 is 0.833 bits per heavy atom. The van der Waals surface area contributed by atoms with Crippen LogP contribution in [-0.2, 0) is 9.59 Å². The zero-order valence-electron chi connectivity index (χ0n) is 11.2. The van der Waals surface area contributed by atoms with Crippen molar-refractivity contribution in [2.45, 2.75) is 39.9 Å². The predicted octanol–water partition coefficient (Wildman–Crippen LogP) is 1.04. The third-order valence-electron chi connectivity index (χ3n) is 1.43. The first-order chi connectivity index (χ1) is 7.93. The first-order valence-corrected chi connectivity index (χ1v) is 5.07. The lowest BCUT2D eigenvalue weighted by Crippen LogP contribution is -2.17. The second kappa shape index (κ2) is 11.8. The van der Waals surface area contributed by atoms with E-state index in [4.69, 9.17) is 20.4 Å². The van der Waals surface area contributed by atoms with Gasteiger partial charge in [-0.25, -0.2) is 9.59 Å². The van der Waals surface area contributed by atoms with Gasteiger partial charge in [0.2, 0.25) is 0 Å². The largest absolute Gasteiger partial charge is 0.478 e. The van der Waals surface area contributed by atoms with Crippen molar-refractivity contribution < 1.29 is 30.0 Å². The molecule has 0 saturated heterocycles. The number of hydrogen-bond donors (Lipinski definition) is 4. The van der Waals surface area contributed by atoms with E-state index in [9.17, 15) is 9.59 Å². The molecule has 18 heavy (non-hydrogen) atoms. The quantitative estimate of drug-likeness (QED) is 0.565. The van der Waals surface area contributed by atoms with E-state index in [0.717, 1.165) is 0 Å². The van der Waals surface area contributed by atoms with Crippen LogP contribution in [0.3, 0.4) is 0 Å². The molecule has 6 nitrogen and oxygen atoms in total. The molecule has 0 aliphatic heterocycles. The predicted molar refractivity (Wildman–Crippen MR) is 68.3 cm³/mol. The summed E-state index contributed by atoms with van der Waals surface area (Å²) in [5.41, 5.74) is 0.352. The van der Waals surface area contributed by atoms with E-state index in [2.05, 4.69) is 13.2 Å². The van der Waals surface area contributed by atoms with Crippen molar-refractivity contribution in [1.29, 1.82) is 0 Å². The Balaban J connectivity index is -0.000000187. The first-order valence-electron chi connectivity index (χ1n) is 5.07. The zero-order chi connectivity index (χ0) is 15.5. The monoisotopic (exact) mass is 262 g/mol. The number of aliphatic hydroxyl groups is 2. The van der Waals surface area contributed by atoms with E-state index in [1.165, 1.54) is 13.8 Å². The molecule has 6 heteroatoms. The Hall–Kier alpha value is -1.66. The summed E-state index contributed by atoms with van der Waals surface area (Å²) < 4.78 is 0. The fraction of sp³-hybridized carbons (Fsp3) is 0.500. The minimum Gasteiger partial charge on any atom is -0.478 e. The second-order valence-corrected chi connectivity index (χ2v) is 3.65. The van der Waals surface area contributed by atoms with Crippen LogP contribution in [0.1, 0.15) is 27.7 Å². The van der Waals surface area contributed by atoms with Crippen LogP contribution in [0.2, 0.25) is 0 Å². The van der Waals surface area contributed by atoms with Crippen molar-refractivity contribution in [2.75, 3.05) is 0 Å². The van der Waals surface area contributed by atoms with E-state index in [1.807, 2.05) is 0 Å². The summed E-state index contributed by atoms with van der Waals surface area (Å²) in [4.78, 5) is 19.2. The van der Waals surface area contributed by atoms with Crippen LogP contribution in [0.5, 0.6) is 0 Å². The van der Waals surface area contributed by atoms with Gasteiger partial charge < -0.3 is 20.4 Å². The van der Waals surface area contributed by atoms with Gasteiger partial charge in [-0.15, -0.1) is 0 Å². The lowest BCUT2D eigenvalue weighted by molar-refractivity contribution is -0.133. The number of rotatable bonds is 3. The van der Waals surface area contributed by atoms with Gasteiger partial charge in [0.05, 0.1) is 12.2 Å². The highest BCUT2D eigenvalue weighted by Gasteiger charge is 1.99. The summed E-state index contributed by atoms with van der Waals surface area (Å²) in [6, 6.07) is 0. The van der Waals surface area contributed by atoms with Gasteiger partial charge in [-0.3, -0.25) is 0 Å². The molecule has 0 aliphatic rings. The lowest BCUT2D eigenvalue weighted by Gasteiger charge is -2.03. The van der Waals surface area contributed by atoms with E-state index in [0.29, 0.717) is 0 Å². The van der Waals surface area contributed by atoms with Gasteiger partial charge in [0.1, 0.15) is 0 Å². The first kappa shape index (κ1) is 21.6. The van der Waals surface area contributed by atoms with Crippen LogP contribution in [0.15, 0.2) is 24.3 Å². The molecule has 0 heterocycles. The van der Waals surface area contributed by atoms with Crippen molar-refractivity contribution in [1.82, 2.24) is 0 Å². The molecule has 0 saturated carbocycles. The summed E-state index contributed by atoms with van der Waals surface area (Å²) >= 11 is 0. The van der Waals surface area contributed by atoms with Crippen molar-refractivity contribution >= 4 is 11.9 Å². The lowest BCUT2D eigenvalue weighted by atomic mass is 10.3. The number of carboxylic acid groups (broad SMARTS) is 2. The van der Waals surface area contributed by atoms with E-state index < -0.39 is 24.1 Å². The average molecular weight is 262 g/mol. The number of carboxylic acids is 2. The molecule has 0 aromatic heterocycles. The standard InChI is InChI=1S/C4H10O2.2C4H6O2/c1-3(5)4(2)6;2*1-3(2)4(5)6/h3-6H,1-2H3;2*1H2,2H3,(H,5,6)/t3-,4-;;/m0../s1. The molecule has 0 rings (SSSR count). The third-order valence-corrected chi connectivity index (χ3v) is 1.43. The summed E-state index contributed by atoms with van der Waals surface area (Å²) in [5.74, 6) is -1.87. The molecule has 106 valence electrons. The number of aliphatic carboxylic acids is 2. The van der Waals surface area contributed by atoms with Crippen molar-refractivity contribution in [3.8, 4) is 0 Å². The molecular formula is C12H22O6. The van der Waals surface area contributed by atoms with Gasteiger partial charge in [-0.1, -0.05) is 13.2 Å². The maximum Gasteiger partial charge on any atom is 0.330 e. The maximum absolute atomic E-state index is 9.60. The molecule has 0 bridgehead atoms. The van der Waals surface area contributed by atoms with Gasteiger partial charge in [-0.2, -0.15) is 0 Å². The molecule has 0 radical (unpaired) electrons. The van der Waals surface area contributed by atoms with Crippen LogP contribution in [0.4, 0.5) is 0 Å². The number of hydrogen-bond acceptors (Lipinski definition) is 4. The highest BCUT2D eigenvalue weighted by Crippen LogP contribution is 1.85. The molecule has 2 atom stereocenters. The molecule has 0 spiro atoms. The molecule has 0 fully saturated rings. The topological polar surface area (TPSA) is 115 Å². The summed E-state index contributed by atoms with van der Waals surface area (Å²) in [7, 11) is 0. The van der Waals surface area contributed by atoms with Gasteiger partial charge in [0, 0.05) is 11.1 Å². The normalized spacial score (nSPS) is 11.7. The Labute approximate surface area is 107 Å². The molecule has 4 N–H and O–H groups in total. The Bertz CT molecular complexity index is 237. The molecule has 0 aromatic rings. The van der Waals surface area contributed by atoms with Gasteiger partial charge >= 0.3 is 11.9 Å². The van der Waals surface area contributed by atoms with Crippen LogP contribution >= 0.6 is 0 Å². The van der Waals surface area contributed by atoms with Crippen molar-refractivity contribution in [3.05, 3.63) is 24.3 Å². The minimum atomic E-state index is -0.935. The van der Waals surface area contributed by atoms with E-state index in [1.54, 1.807) is 13.8 Å². The van der Waals surface area contributed by atoms with Crippen molar-refractivity contribution in [3.63, 3.8) is 0 Å². The fourth-order valence-corrected chi connectivity index (χ4v) is 0. The Morgan fingerprint density at radius 2 is 0.944 bits per heavy atom. The Morgan fingerprint density at radius 3 is 0.944 bits per heavy atom. The van der Waals surface area contributed by atoms with Gasteiger partial charge in [0.25, 0.3) is 0 Å². The highest BCUT2D eigenvalue weighted by molar-refractivity contribution is 5.85. The molecule has 0 amide bonds. The van der Waals surface area contributed by atoms with E-state index >= 15 is 0 Å².